The van der Waals surface area contributed by atoms with Gasteiger partial charge in [0.1, 0.15) is 12.4 Å². The van der Waals surface area contributed by atoms with Gasteiger partial charge in [0.05, 0.1) is 5.02 Å². The number of carboxylic acid groups (broad SMARTS) is 1. The summed E-state index contributed by atoms with van der Waals surface area (Å²) in [4.78, 5) is 14.8. The van der Waals surface area contributed by atoms with Crippen LogP contribution in [-0.2, 0) is 6.61 Å². The Labute approximate surface area is 123 Å². The number of aromatic nitrogens is 1. The van der Waals surface area contributed by atoms with Crippen LogP contribution in [0.1, 0.15) is 16.1 Å². The molecule has 2 aromatic rings. The molecule has 0 aliphatic carbocycles. The van der Waals surface area contributed by atoms with Crippen LogP contribution in [0.4, 0.5) is 0 Å². The molecule has 0 aliphatic heterocycles. The van der Waals surface area contributed by atoms with Gasteiger partial charge in [-0.15, -0.1) is 0 Å². The van der Waals surface area contributed by atoms with Gasteiger partial charge >= 0.3 is 5.97 Å². The predicted molar refractivity (Wildman–Crippen MR) is 74.7 cm³/mol. The average Bonchev–Trinajstić information content (AvgIpc) is 2.40. The number of halogens is 2. The van der Waals surface area contributed by atoms with Gasteiger partial charge < -0.3 is 9.84 Å². The third kappa shape index (κ3) is 3.45. The maximum Gasteiger partial charge on any atom is 0.354 e. The Kier molecular flexibility index (Phi) is 4.39. The first-order valence-electron chi connectivity index (χ1n) is 5.33. The van der Waals surface area contributed by atoms with Crippen molar-refractivity contribution in [1.29, 1.82) is 0 Å². The van der Waals surface area contributed by atoms with Gasteiger partial charge in [-0.1, -0.05) is 33.6 Å². The second-order valence-corrected chi connectivity index (χ2v) is 5.00. The van der Waals surface area contributed by atoms with E-state index in [0.717, 1.165) is 4.47 Å². The number of hydrogen-bond donors (Lipinski definition) is 1. The highest BCUT2D eigenvalue weighted by atomic mass is 79.9. The molecule has 2 rings (SSSR count). The second kappa shape index (κ2) is 6.04. The van der Waals surface area contributed by atoms with E-state index in [4.69, 9.17) is 21.4 Å². The Morgan fingerprint density at radius 3 is 2.95 bits per heavy atom. The van der Waals surface area contributed by atoms with E-state index in [1.807, 2.05) is 0 Å². The zero-order valence-corrected chi connectivity index (χ0v) is 12.0. The highest BCUT2D eigenvalue weighted by molar-refractivity contribution is 9.10. The first-order valence-corrected chi connectivity index (χ1v) is 6.50. The smallest absolute Gasteiger partial charge is 0.354 e. The van der Waals surface area contributed by atoms with E-state index in [-0.39, 0.29) is 12.3 Å². The van der Waals surface area contributed by atoms with Crippen LogP contribution in [0, 0.1) is 0 Å². The molecule has 0 spiro atoms. The molecular formula is C13H9BrClNO3. The number of carbonyl (C=O) groups is 1. The highest BCUT2D eigenvalue weighted by Crippen LogP contribution is 2.28. The maximum absolute atomic E-state index is 11.0. The number of aromatic carboxylic acids is 1. The second-order valence-electron chi connectivity index (χ2n) is 3.68. The normalized spacial score (nSPS) is 10.2. The molecule has 0 saturated heterocycles. The lowest BCUT2D eigenvalue weighted by molar-refractivity contribution is 0.0687. The molecule has 19 heavy (non-hydrogen) atoms. The summed E-state index contributed by atoms with van der Waals surface area (Å²) in [5.74, 6) is -0.601. The molecule has 0 atom stereocenters. The number of nitrogens with zero attached hydrogens (tertiary/aromatic N) is 1. The van der Waals surface area contributed by atoms with Gasteiger partial charge in [-0.05, 0) is 24.3 Å². The van der Waals surface area contributed by atoms with Crippen molar-refractivity contribution in [3.05, 3.63) is 57.3 Å². The number of ether oxygens (including phenoxy) is 1. The molecule has 4 nitrogen and oxygen atoms in total. The molecule has 0 amide bonds. The van der Waals surface area contributed by atoms with Gasteiger partial charge in [0.2, 0.25) is 0 Å². The van der Waals surface area contributed by atoms with Crippen molar-refractivity contribution < 1.29 is 14.6 Å². The van der Waals surface area contributed by atoms with Crippen LogP contribution in [0.25, 0.3) is 0 Å². The summed E-state index contributed by atoms with van der Waals surface area (Å²) < 4.78 is 6.36. The number of pyridine rings is 1. The first-order chi connectivity index (χ1) is 9.08. The molecule has 6 heteroatoms. The minimum Gasteiger partial charge on any atom is -0.487 e. The van der Waals surface area contributed by atoms with E-state index in [0.29, 0.717) is 16.3 Å². The van der Waals surface area contributed by atoms with Crippen LogP contribution >= 0.6 is 27.5 Å². The molecule has 0 saturated carbocycles. The third-order valence-electron chi connectivity index (χ3n) is 2.37. The SMILES string of the molecule is O=C(O)c1ncccc1COc1cc(Br)ccc1Cl. The fourth-order valence-electron chi connectivity index (χ4n) is 1.49. The van der Waals surface area contributed by atoms with Crippen molar-refractivity contribution in [3.63, 3.8) is 0 Å². The van der Waals surface area contributed by atoms with Crippen molar-refractivity contribution in [2.75, 3.05) is 0 Å². The molecule has 0 fully saturated rings. The van der Waals surface area contributed by atoms with Crippen LogP contribution in [0.3, 0.4) is 0 Å². The van der Waals surface area contributed by atoms with E-state index >= 15 is 0 Å². The van der Waals surface area contributed by atoms with E-state index in [2.05, 4.69) is 20.9 Å². The Morgan fingerprint density at radius 2 is 2.21 bits per heavy atom. The van der Waals surface area contributed by atoms with E-state index < -0.39 is 5.97 Å². The minimum absolute atomic E-state index is 0.0198. The quantitative estimate of drug-likeness (QED) is 0.918. The Morgan fingerprint density at radius 1 is 1.42 bits per heavy atom. The Hall–Kier alpha value is -1.59. The molecule has 0 radical (unpaired) electrons. The maximum atomic E-state index is 11.0. The van der Waals surface area contributed by atoms with Crippen LogP contribution in [0.15, 0.2) is 41.0 Å². The lowest BCUT2D eigenvalue weighted by Crippen LogP contribution is -2.08. The monoisotopic (exact) mass is 341 g/mol. The molecule has 98 valence electrons. The fourth-order valence-corrected chi connectivity index (χ4v) is 2.00. The zero-order chi connectivity index (χ0) is 13.8. The summed E-state index contributed by atoms with van der Waals surface area (Å²) >= 11 is 9.30. The fraction of sp³-hybridized carbons (Fsp3) is 0.0769. The number of rotatable bonds is 4. The largest absolute Gasteiger partial charge is 0.487 e. The van der Waals surface area contributed by atoms with Crippen molar-refractivity contribution >= 4 is 33.5 Å². The number of hydrogen-bond acceptors (Lipinski definition) is 3. The molecule has 1 aromatic heterocycles. The summed E-state index contributed by atoms with van der Waals surface area (Å²) in [5, 5.41) is 9.47. The molecule has 1 N–H and O–H groups in total. The molecule has 0 bridgehead atoms. The number of carboxylic acids is 1. The third-order valence-corrected chi connectivity index (χ3v) is 3.18. The molecule has 1 heterocycles. The van der Waals surface area contributed by atoms with Gasteiger partial charge in [0.15, 0.2) is 5.69 Å². The zero-order valence-electron chi connectivity index (χ0n) is 9.64. The van der Waals surface area contributed by atoms with Gasteiger partial charge in [-0.25, -0.2) is 9.78 Å². The van der Waals surface area contributed by atoms with Crippen molar-refractivity contribution in [3.8, 4) is 5.75 Å². The number of benzene rings is 1. The van der Waals surface area contributed by atoms with Gasteiger partial charge in [0, 0.05) is 16.2 Å². The minimum atomic E-state index is -1.08. The van der Waals surface area contributed by atoms with Gasteiger partial charge in [-0.2, -0.15) is 0 Å². The molecule has 1 aromatic carbocycles. The summed E-state index contributed by atoms with van der Waals surface area (Å²) in [6, 6.07) is 8.53. The molecule has 0 aliphatic rings. The standard InChI is InChI=1S/C13H9BrClNO3/c14-9-3-4-10(15)11(6-9)19-7-8-2-1-5-16-12(8)13(17)18/h1-6H,7H2,(H,17,18). The van der Waals surface area contributed by atoms with Crippen molar-refractivity contribution in [2.24, 2.45) is 0 Å². The van der Waals surface area contributed by atoms with Crippen LogP contribution < -0.4 is 4.74 Å². The summed E-state index contributed by atoms with van der Waals surface area (Å²) in [6.45, 7) is 0.0889. The topological polar surface area (TPSA) is 59.4 Å². The van der Waals surface area contributed by atoms with Crippen LogP contribution in [-0.4, -0.2) is 16.1 Å². The predicted octanol–water partition coefficient (Wildman–Crippen LogP) is 3.77. The lowest BCUT2D eigenvalue weighted by Gasteiger charge is -2.09. The molecule has 0 unspecified atom stereocenters. The summed E-state index contributed by atoms with van der Waals surface area (Å²) in [7, 11) is 0. The van der Waals surface area contributed by atoms with Gasteiger partial charge in [-0.3, -0.25) is 0 Å². The van der Waals surface area contributed by atoms with Crippen molar-refractivity contribution in [1.82, 2.24) is 4.98 Å². The molecular weight excluding hydrogens is 334 g/mol. The van der Waals surface area contributed by atoms with E-state index in [1.54, 1.807) is 30.3 Å². The van der Waals surface area contributed by atoms with E-state index in [9.17, 15) is 4.79 Å². The van der Waals surface area contributed by atoms with Crippen molar-refractivity contribution in [2.45, 2.75) is 6.61 Å². The van der Waals surface area contributed by atoms with Crippen LogP contribution in [0.2, 0.25) is 5.02 Å². The Balaban J connectivity index is 2.19. The Bertz CT molecular complexity index is 619. The lowest BCUT2D eigenvalue weighted by atomic mass is 10.2. The summed E-state index contributed by atoms with van der Waals surface area (Å²) in [5.41, 5.74) is 0.472. The van der Waals surface area contributed by atoms with Gasteiger partial charge in [0.25, 0.3) is 0 Å². The highest BCUT2D eigenvalue weighted by Gasteiger charge is 2.12. The van der Waals surface area contributed by atoms with E-state index in [1.165, 1.54) is 6.20 Å². The average molecular weight is 343 g/mol. The first kappa shape index (κ1) is 13.8. The summed E-state index contributed by atoms with van der Waals surface area (Å²) in [6.07, 6.45) is 1.43. The van der Waals surface area contributed by atoms with Crippen LogP contribution in [0.5, 0.6) is 5.75 Å².